The summed E-state index contributed by atoms with van der Waals surface area (Å²) in [6.07, 6.45) is 0. The van der Waals surface area contributed by atoms with Gasteiger partial charge in [0.2, 0.25) is 0 Å². The molecule has 2 heterocycles. The summed E-state index contributed by atoms with van der Waals surface area (Å²) in [7, 11) is 1.94. The van der Waals surface area contributed by atoms with Crippen molar-refractivity contribution in [2.75, 3.05) is 5.32 Å². The van der Waals surface area contributed by atoms with Gasteiger partial charge in [-0.3, -0.25) is 0 Å². The Morgan fingerprint density at radius 1 is 1.10 bits per heavy atom. The van der Waals surface area contributed by atoms with Crippen LogP contribution in [-0.4, -0.2) is 19.7 Å². The van der Waals surface area contributed by atoms with Crippen LogP contribution in [0, 0.1) is 0 Å². The summed E-state index contributed by atoms with van der Waals surface area (Å²) in [5.41, 5.74) is 2.03. The first-order chi connectivity index (χ1) is 14.2. The minimum atomic E-state index is 0.341. The van der Waals surface area contributed by atoms with Gasteiger partial charge < -0.3 is 14.6 Å². The third kappa shape index (κ3) is 5.29. The highest BCUT2D eigenvalue weighted by Gasteiger charge is 2.11. The van der Waals surface area contributed by atoms with Crippen LogP contribution < -0.4 is 10.1 Å². The van der Waals surface area contributed by atoms with Crippen molar-refractivity contribution < 1.29 is 4.74 Å². The van der Waals surface area contributed by atoms with Crippen LogP contribution in [-0.2, 0) is 19.4 Å². The summed E-state index contributed by atoms with van der Waals surface area (Å²) in [6.45, 7) is 0.341. The number of benzene rings is 2. The number of hydrogen-bond donors (Lipinski definition) is 1. The number of anilines is 2. The fourth-order valence-electron chi connectivity index (χ4n) is 2.49. The van der Waals surface area contributed by atoms with Crippen LogP contribution in [0.25, 0.3) is 0 Å². The van der Waals surface area contributed by atoms with E-state index in [9.17, 15) is 0 Å². The second-order valence-corrected chi connectivity index (χ2v) is 8.36. The number of halogens is 1. The number of ether oxygens (including phenoxy) is 1. The smallest absolute Gasteiger partial charge is 0.191 e. The Bertz CT molecular complexity index is 1070. The molecular formula is C20H18ClN5OS2. The van der Waals surface area contributed by atoms with Gasteiger partial charge in [-0.15, -0.1) is 21.5 Å². The van der Waals surface area contributed by atoms with E-state index >= 15 is 0 Å². The molecule has 0 radical (unpaired) electrons. The van der Waals surface area contributed by atoms with E-state index in [-0.39, 0.29) is 0 Å². The van der Waals surface area contributed by atoms with Gasteiger partial charge in [0.1, 0.15) is 12.4 Å². The number of nitrogens with one attached hydrogen (secondary N) is 1. The van der Waals surface area contributed by atoms with E-state index in [0.717, 1.165) is 39.0 Å². The van der Waals surface area contributed by atoms with Crippen molar-refractivity contribution in [3.63, 3.8) is 0 Å². The van der Waals surface area contributed by atoms with Gasteiger partial charge in [0.15, 0.2) is 16.1 Å². The highest BCUT2D eigenvalue weighted by atomic mass is 35.5. The van der Waals surface area contributed by atoms with Gasteiger partial charge >= 0.3 is 0 Å². The first-order valence-electron chi connectivity index (χ1n) is 8.83. The summed E-state index contributed by atoms with van der Waals surface area (Å²) in [6, 6.07) is 17.3. The highest BCUT2D eigenvalue weighted by Crippen LogP contribution is 2.26. The molecule has 0 saturated heterocycles. The Morgan fingerprint density at radius 2 is 1.90 bits per heavy atom. The highest BCUT2D eigenvalue weighted by molar-refractivity contribution is 7.98. The Balaban J connectivity index is 1.32. The molecule has 1 N–H and O–H groups in total. The molecule has 0 unspecified atom stereocenters. The van der Waals surface area contributed by atoms with Crippen molar-refractivity contribution in [3.8, 4) is 5.75 Å². The van der Waals surface area contributed by atoms with E-state index in [4.69, 9.17) is 16.3 Å². The number of para-hydroxylation sites is 1. The van der Waals surface area contributed by atoms with Crippen LogP contribution in [0.5, 0.6) is 5.75 Å². The fourth-order valence-corrected chi connectivity index (χ4v) is 4.27. The molecule has 0 aliphatic rings. The van der Waals surface area contributed by atoms with Crippen molar-refractivity contribution in [2.45, 2.75) is 17.5 Å². The first kappa shape index (κ1) is 19.8. The average Bonchev–Trinajstić information content (AvgIpc) is 3.33. The zero-order valence-electron chi connectivity index (χ0n) is 15.6. The molecule has 0 spiro atoms. The molecule has 9 heteroatoms. The van der Waals surface area contributed by atoms with E-state index in [2.05, 4.69) is 25.9 Å². The summed E-state index contributed by atoms with van der Waals surface area (Å²) >= 11 is 9.08. The van der Waals surface area contributed by atoms with Crippen LogP contribution in [0.4, 0.5) is 10.8 Å². The van der Waals surface area contributed by atoms with Crippen LogP contribution in [0.1, 0.15) is 11.5 Å². The molecule has 0 aliphatic carbocycles. The quantitative estimate of drug-likeness (QED) is 0.361. The molecular weight excluding hydrogens is 426 g/mol. The fraction of sp³-hybridized carbons (Fsp3) is 0.150. The molecule has 4 aromatic rings. The van der Waals surface area contributed by atoms with Gasteiger partial charge in [0, 0.05) is 28.9 Å². The molecule has 0 saturated carbocycles. The Morgan fingerprint density at radius 3 is 2.69 bits per heavy atom. The standard InChI is InChI=1S/C20H18ClN5OS2/c1-26-18(11-27-17-9-7-14(21)8-10-17)24-25-20(26)29-13-16-12-28-19(23-16)22-15-5-3-2-4-6-15/h2-10,12H,11,13H2,1H3,(H,22,23). The van der Waals surface area contributed by atoms with Crippen LogP contribution in [0.2, 0.25) is 5.02 Å². The number of nitrogens with zero attached hydrogens (tertiary/aromatic N) is 4. The number of hydrogen-bond acceptors (Lipinski definition) is 7. The molecule has 0 fully saturated rings. The van der Waals surface area contributed by atoms with Crippen molar-refractivity contribution >= 4 is 45.5 Å². The summed E-state index contributed by atoms with van der Waals surface area (Å²) in [5.74, 6) is 2.22. The van der Waals surface area contributed by atoms with Gasteiger partial charge in [-0.25, -0.2) is 4.98 Å². The lowest BCUT2D eigenvalue weighted by Crippen LogP contribution is -2.04. The summed E-state index contributed by atoms with van der Waals surface area (Å²) < 4.78 is 7.69. The van der Waals surface area contributed by atoms with E-state index < -0.39 is 0 Å². The number of aromatic nitrogens is 4. The van der Waals surface area contributed by atoms with Crippen molar-refractivity contribution in [3.05, 3.63) is 76.5 Å². The molecule has 0 bridgehead atoms. The van der Waals surface area contributed by atoms with E-state index in [1.54, 1.807) is 35.2 Å². The molecule has 4 rings (SSSR count). The van der Waals surface area contributed by atoms with Gasteiger partial charge in [-0.2, -0.15) is 0 Å². The maximum Gasteiger partial charge on any atom is 0.191 e. The van der Waals surface area contributed by atoms with Crippen molar-refractivity contribution in [1.82, 2.24) is 19.7 Å². The second kappa shape index (κ2) is 9.30. The zero-order chi connectivity index (χ0) is 20.1. The maximum absolute atomic E-state index is 5.89. The predicted molar refractivity (Wildman–Crippen MR) is 118 cm³/mol. The van der Waals surface area contributed by atoms with Crippen LogP contribution in [0.15, 0.2) is 65.1 Å². The van der Waals surface area contributed by atoms with Gasteiger partial charge in [-0.05, 0) is 36.4 Å². The minimum absolute atomic E-state index is 0.341. The molecule has 148 valence electrons. The SMILES string of the molecule is Cn1c(COc2ccc(Cl)cc2)nnc1SCc1csc(Nc2ccccc2)n1. The van der Waals surface area contributed by atoms with Crippen molar-refractivity contribution in [2.24, 2.45) is 7.05 Å². The molecule has 0 aliphatic heterocycles. The maximum atomic E-state index is 5.89. The molecule has 29 heavy (non-hydrogen) atoms. The van der Waals surface area contributed by atoms with Crippen LogP contribution in [0.3, 0.4) is 0 Å². The molecule has 0 atom stereocenters. The Hall–Kier alpha value is -2.55. The largest absolute Gasteiger partial charge is 0.486 e. The predicted octanol–water partition coefficient (Wildman–Crippen LogP) is 5.54. The van der Waals surface area contributed by atoms with Crippen molar-refractivity contribution in [1.29, 1.82) is 0 Å². The lowest BCUT2D eigenvalue weighted by atomic mass is 10.3. The Kier molecular flexibility index (Phi) is 6.33. The lowest BCUT2D eigenvalue weighted by molar-refractivity contribution is 0.290. The first-order valence-corrected chi connectivity index (χ1v) is 11.1. The Labute approximate surface area is 181 Å². The van der Waals surface area contributed by atoms with E-state index in [1.165, 1.54) is 0 Å². The monoisotopic (exact) mass is 443 g/mol. The zero-order valence-corrected chi connectivity index (χ0v) is 18.0. The lowest BCUT2D eigenvalue weighted by Gasteiger charge is -2.06. The molecule has 0 amide bonds. The van der Waals surface area contributed by atoms with E-state index in [0.29, 0.717) is 11.6 Å². The topological polar surface area (TPSA) is 64.9 Å². The van der Waals surface area contributed by atoms with E-state index in [1.807, 2.05) is 54.1 Å². The molecule has 2 aromatic heterocycles. The van der Waals surface area contributed by atoms with Gasteiger partial charge in [-0.1, -0.05) is 41.6 Å². The minimum Gasteiger partial charge on any atom is -0.486 e. The second-order valence-electron chi connectivity index (χ2n) is 6.12. The van der Waals surface area contributed by atoms with Gasteiger partial charge in [0.25, 0.3) is 0 Å². The van der Waals surface area contributed by atoms with Gasteiger partial charge in [0.05, 0.1) is 5.69 Å². The summed E-state index contributed by atoms with van der Waals surface area (Å²) in [4.78, 5) is 4.63. The molecule has 2 aromatic carbocycles. The average molecular weight is 444 g/mol. The number of thiazole rings is 1. The summed E-state index contributed by atoms with van der Waals surface area (Å²) in [5, 5.41) is 16.2. The number of thioether (sulfide) groups is 1. The number of rotatable bonds is 8. The third-order valence-corrected chi connectivity index (χ3v) is 6.14. The molecule has 6 nitrogen and oxygen atoms in total. The van der Waals surface area contributed by atoms with Crippen LogP contribution >= 0.6 is 34.7 Å². The normalized spacial score (nSPS) is 10.8. The third-order valence-electron chi connectivity index (χ3n) is 4.03.